The van der Waals surface area contributed by atoms with Gasteiger partial charge in [-0.25, -0.2) is 4.98 Å². The molecule has 0 saturated heterocycles. The van der Waals surface area contributed by atoms with Crippen LogP contribution in [0.4, 0.5) is 0 Å². The van der Waals surface area contributed by atoms with E-state index in [4.69, 9.17) is 5.73 Å². The lowest BCUT2D eigenvalue weighted by Gasteiger charge is -1.94. The highest BCUT2D eigenvalue weighted by Gasteiger charge is 2.09. The molecule has 3 nitrogen and oxygen atoms in total. The molecule has 0 aromatic carbocycles. The first-order chi connectivity index (χ1) is 6.26. The van der Waals surface area contributed by atoms with Crippen LogP contribution in [0.3, 0.4) is 0 Å². The van der Waals surface area contributed by atoms with Gasteiger partial charge < -0.3 is 5.73 Å². The van der Waals surface area contributed by atoms with Gasteiger partial charge in [0.05, 0.1) is 5.69 Å². The molecule has 0 atom stereocenters. The summed E-state index contributed by atoms with van der Waals surface area (Å²) in [6.07, 6.45) is 3.09. The molecule has 70 valence electrons. The third-order valence-electron chi connectivity index (χ3n) is 2.21. The van der Waals surface area contributed by atoms with E-state index in [1.807, 2.05) is 6.20 Å². The second kappa shape index (κ2) is 3.12. The number of nitrogens with two attached hydrogens (primary N) is 1. The third kappa shape index (κ3) is 1.26. The number of hydrogen-bond donors (Lipinski definition) is 1. The Bertz CT molecular complexity index is 427. The van der Waals surface area contributed by atoms with E-state index < -0.39 is 0 Å². The van der Waals surface area contributed by atoms with Crippen molar-refractivity contribution in [2.24, 2.45) is 5.73 Å². The van der Waals surface area contributed by atoms with Gasteiger partial charge in [-0.05, 0) is 13.3 Å². The van der Waals surface area contributed by atoms with Crippen molar-refractivity contribution >= 4 is 16.3 Å². The normalized spacial score (nSPS) is 11.3. The summed E-state index contributed by atoms with van der Waals surface area (Å²) in [6.45, 7) is 4.83. The van der Waals surface area contributed by atoms with Gasteiger partial charge in [0.25, 0.3) is 0 Å². The summed E-state index contributed by atoms with van der Waals surface area (Å²) < 4.78 is 2.15. The Labute approximate surface area is 81.2 Å². The van der Waals surface area contributed by atoms with Crippen LogP contribution >= 0.6 is 11.3 Å². The van der Waals surface area contributed by atoms with Gasteiger partial charge in [-0.15, -0.1) is 11.3 Å². The molecule has 0 fully saturated rings. The number of thiazole rings is 1. The Morgan fingerprint density at radius 1 is 1.62 bits per heavy atom. The molecule has 0 aliphatic rings. The van der Waals surface area contributed by atoms with Crippen molar-refractivity contribution < 1.29 is 0 Å². The van der Waals surface area contributed by atoms with Crippen LogP contribution in [0.5, 0.6) is 0 Å². The molecule has 2 aromatic rings. The lowest BCUT2D eigenvalue weighted by Crippen LogP contribution is -1.96. The Morgan fingerprint density at radius 3 is 3.00 bits per heavy atom. The fourth-order valence-corrected chi connectivity index (χ4v) is 2.62. The fourth-order valence-electron chi connectivity index (χ4n) is 1.56. The van der Waals surface area contributed by atoms with Crippen LogP contribution < -0.4 is 5.73 Å². The van der Waals surface area contributed by atoms with Crippen LogP contribution in [-0.4, -0.2) is 9.38 Å². The molecule has 4 heteroatoms. The molecule has 2 aromatic heterocycles. The standard InChI is InChI=1S/C9H13N3S/c1-3-8-6(2)13-9-11-7(4-10)5-12(8)9/h5H,3-4,10H2,1-2H3. The van der Waals surface area contributed by atoms with Gasteiger partial charge >= 0.3 is 0 Å². The number of imidazole rings is 1. The van der Waals surface area contributed by atoms with Gasteiger partial charge in [-0.3, -0.25) is 4.40 Å². The molecule has 0 aliphatic carbocycles. The van der Waals surface area contributed by atoms with Crippen molar-refractivity contribution in [2.75, 3.05) is 0 Å². The highest BCUT2D eigenvalue weighted by atomic mass is 32.1. The van der Waals surface area contributed by atoms with E-state index >= 15 is 0 Å². The van der Waals surface area contributed by atoms with E-state index in [2.05, 4.69) is 23.2 Å². The number of fused-ring (bicyclic) bond motifs is 1. The molecule has 13 heavy (non-hydrogen) atoms. The van der Waals surface area contributed by atoms with Crippen molar-refractivity contribution in [3.63, 3.8) is 0 Å². The van der Waals surface area contributed by atoms with Crippen molar-refractivity contribution in [3.05, 3.63) is 22.5 Å². The maximum atomic E-state index is 5.53. The molecule has 2 rings (SSSR count). The highest BCUT2D eigenvalue weighted by molar-refractivity contribution is 7.17. The average molecular weight is 195 g/mol. The zero-order chi connectivity index (χ0) is 9.42. The minimum absolute atomic E-state index is 0.524. The number of aromatic nitrogens is 2. The lowest BCUT2D eigenvalue weighted by molar-refractivity contribution is 0.973. The third-order valence-corrected chi connectivity index (χ3v) is 3.22. The molecule has 0 radical (unpaired) electrons. The van der Waals surface area contributed by atoms with E-state index in [0.717, 1.165) is 17.1 Å². The second-order valence-electron chi connectivity index (χ2n) is 3.05. The predicted molar refractivity (Wildman–Crippen MR) is 55.1 cm³/mol. The van der Waals surface area contributed by atoms with Crippen LogP contribution in [0, 0.1) is 6.92 Å². The van der Waals surface area contributed by atoms with Crippen molar-refractivity contribution in [1.29, 1.82) is 0 Å². The Morgan fingerprint density at radius 2 is 2.38 bits per heavy atom. The first-order valence-electron chi connectivity index (χ1n) is 4.42. The lowest BCUT2D eigenvalue weighted by atomic mass is 10.3. The molecule has 0 saturated carbocycles. The average Bonchev–Trinajstić information content (AvgIpc) is 2.60. The Balaban J connectivity index is 2.66. The predicted octanol–water partition coefficient (Wildman–Crippen LogP) is 1.73. The van der Waals surface area contributed by atoms with Crippen molar-refractivity contribution in [1.82, 2.24) is 9.38 Å². The molecular formula is C9H13N3S. The second-order valence-corrected chi connectivity index (χ2v) is 4.23. The van der Waals surface area contributed by atoms with E-state index in [1.165, 1.54) is 10.6 Å². The summed E-state index contributed by atoms with van der Waals surface area (Å²) in [5, 5.41) is 0. The Hall–Kier alpha value is -0.870. The number of hydrogen-bond acceptors (Lipinski definition) is 3. The zero-order valence-corrected chi connectivity index (χ0v) is 8.69. The van der Waals surface area contributed by atoms with Crippen LogP contribution in [0.2, 0.25) is 0 Å². The molecule has 0 aliphatic heterocycles. The van der Waals surface area contributed by atoms with Gasteiger partial charge in [0.1, 0.15) is 0 Å². The topological polar surface area (TPSA) is 43.3 Å². The maximum Gasteiger partial charge on any atom is 0.194 e. The molecule has 2 heterocycles. The van der Waals surface area contributed by atoms with Gasteiger partial charge in [-0.2, -0.15) is 0 Å². The SMILES string of the molecule is CCc1c(C)sc2nc(CN)cn12. The summed E-state index contributed by atoms with van der Waals surface area (Å²) in [4.78, 5) is 6.84. The van der Waals surface area contributed by atoms with Gasteiger partial charge in [0.15, 0.2) is 4.96 Å². The summed E-state index contributed by atoms with van der Waals surface area (Å²) >= 11 is 1.74. The number of rotatable bonds is 2. The van der Waals surface area contributed by atoms with Crippen molar-refractivity contribution in [2.45, 2.75) is 26.8 Å². The zero-order valence-electron chi connectivity index (χ0n) is 7.87. The summed E-state index contributed by atoms with van der Waals surface area (Å²) in [5.74, 6) is 0. The van der Waals surface area contributed by atoms with Crippen molar-refractivity contribution in [3.8, 4) is 0 Å². The molecule has 0 amide bonds. The van der Waals surface area contributed by atoms with Gasteiger partial charge in [0, 0.05) is 23.3 Å². The van der Waals surface area contributed by atoms with Gasteiger partial charge in [0.2, 0.25) is 0 Å². The molecular weight excluding hydrogens is 182 g/mol. The van der Waals surface area contributed by atoms with Crippen LogP contribution in [-0.2, 0) is 13.0 Å². The quantitative estimate of drug-likeness (QED) is 0.793. The summed E-state index contributed by atoms with van der Waals surface area (Å²) in [7, 11) is 0. The van der Waals surface area contributed by atoms with E-state index in [1.54, 1.807) is 11.3 Å². The Kier molecular flexibility index (Phi) is 2.09. The summed E-state index contributed by atoms with van der Waals surface area (Å²) in [6, 6.07) is 0. The fraction of sp³-hybridized carbons (Fsp3) is 0.444. The smallest absolute Gasteiger partial charge is 0.194 e. The minimum Gasteiger partial charge on any atom is -0.325 e. The molecule has 0 unspecified atom stereocenters. The maximum absolute atomic E-state index is 5.53. The first-order valence-corrected chi connectivity index (χ1v) is 5.24. The van der Waals surface area contributed by atoms with E-state index in [0.29, 0.717) is 6.54 Å². The molecule has 2 N–H and O–H groups in total. The van der Waals surface area contributed by atoms with E-state index in [-0.39, 0.29) is 0 Å². The molecule has 0 bridgehead atoms. The molecule has 0 spiro atoms. The highest BCUT2D eigenvalue weighted by Crippen LogP contribution is 2.22. The monoisotopic (exact) mass is 195 g/mol. The van der Waals surface area contributed by atoms with Crippen LogP contribution in [0.15, 0.2) is 6.20 Å². The number of nitrogens with zero attached hydrogens (tertiary/aromatic N) is 2. The van der Waals surface area contributed by atoms with E-state index in [9.17, 15) is 0 Å². The summed E-state index contributed by atoms with van der Waals surface area (Å²) in [5.41, 5.74) is 7.86. The first kappa shape index (κ1) is 8.72. The van der Waals surface area contributed by atoms with Crippen LogP contribution in [0.1, 0.15) is 23.2 Å². The van der Waals surface area contributed by atoms with Crippen LogP contribution in [0.25, 0.3) is 4.96 Å². The van der Waals surface area contributed by atoms with Gasteiger partial charge in [-0.1, -0.05) is 6.92 Å². The minimum atomic E-state index is 0.524. The number of aryl methyl sites for hydroxylation is 2. The largest absolute Gasteiger partial charge is 0.325 e.